The van der Waals surface area contributed by atoms with Crippen LogP contribution in [0, 0.1) is 0 Å². The first kappa shape index (κ1) is 10.7. The summed E-state index contributed by atoms with van der Waals surface area (Å²) >= 11 is 1.43. The Labute approximate surface area is 87.2 Å². The number of rotatable bonds is 4. The lowest BCUT2D eigenvalue weighted by Gasteiger charge is -1.94. The first-order valence-corrected chi connectivity index (χ1v) is 5.22. The smallest absolute Gasteiger partial charge is 0.337 e. The van der Waals surface area contributed by atoms with Crippen LogP contribution < -0.4 is 0 Å². The summed E-state index contributed by atoms with van der Waals surface area (Å²) in [7, 11) is 0. The summed E-state index contributed by atoms with van der Waals surface area (Å²) in [5.74, 6) is -0.896. The third-order valence-electron chi connectivity index (χ3n) is 1.80. The van der Waals surface area contributed by atoms with Crippen LogP contribution in [-0.4, -0.2) is 11.1 Å². The van der Waals surface area contributed by atoms with Gasteiger partial charge in [-0.2, -0.15) is 0 Å². The van der Waals surface area contributed by atoms with Gasteiger partial charge >= 0.3 is 5.97 Å². The van der Waals surface area contributed by atoms with E-state index in [1.54, 1.807) is 11.5 Å². The number of aromatic carboxylic acids is 1. The monoisotopic (exact) mass is 208 g/mol. The molecule has 0 spiro atoms. The molecule has 0 aromatic carbocycles. The Bertz CT molecular complexity index is 375. The maximum atomic E-state index is 10.8. The lowest BCUT2D eigenvalue weighted by atomic mass is 10.1. The van der Waals surface area contributed by atoms with E-state index in [-0.39, 0.29) is 0 Å². The normalized spacial score (nSPS) is 10.6. The minimum Gasteiger partial charge on any atom is -0.478 e. The van der Waals surface area contributed by atoms with E-state index in [2.05, 4.69) is 6.58 Å². The molecule has 14 heavy (non-hydrogen) atoms. The molecule has 0 aliphatic carbocycles. The highest BCUT2D eigenvalue weighted by atomic mass is 32.1. The van der Waals surface area contributed by atoms with Gasteiger partial charge in [-0.15, -0.1) is 11.3 Å². The second-order valence-corrected chi connectivity index (χ2v) is 3.66. The van der Waals surface area contributed by atoms with Crippen LogP contribution in [0.15, 0.2) is 18.0 Å². The Balaban J connectivity index is 3.13. The fourth-order valence-electron chi connectivity index (χ4n) is 1.11. The average molecular weight is 208 g/mol. The molecule has 0 unspecified atom stereocenters. The summed E-state index contributed by atoms with van der Waals surface area (Å²) in [6.45, 7) is 5.66. The number of carboxylic acid groups (broad SMARTS) is 1. The first-order valence-electron chi connectivity index (χ1n) is 4.34. The van der Waals surface area contributed by atoms with Gasteiger partial charge in [-0.3, -0.25) is 0 Å². The van der Waals surface area contributed by atoms with Gasteiger partial charge in [-0.25, -0.2) is 4.79 Å². The Morgan fingerprint density at radius 1 is 1.71 bits per heavy atom. The highest BCUT2D eigenvalue weighted by molar-refractivity contribution is 7.11. The molecule has 1 N–H and O–H groups in total. The quantitative estimate of drug-likeness (QED) is 0.822. The van der Waals surface area contributed by atoms with Crippen LogP contribution in [0.1, 0.15) is 34.1 Å². The zero-order chi connectivity index (χ0) is 10.6. The zero-order valence-electron chi connectivity index (χ0n) is 7.99. The molecule has 74 valence electrons. The maximum absolute atomic E-state index is 10.8. The second kappa shape index (κ2) is 4.77. The summed E-state index contributed by atoms with van der Waals surface area (Å²) in [4.78, 5) is 11.8. The minimum absolute atomic E-state index is 0.334. The number of carbonyl (C=O) groups is 1. The molecule has 2 nitrogen and oxygen atoms in total. The standard InChI is InChI=1S/C11H12O2S/c1-3-5-6-10-8(4-2)9(7-14-10)11(12)13/h4-7H,2-3H2,1H3,(H,12,13)/b6-5-. The van der Waals surface area contributed by atoms with Gasteiger partial charge in [0, 0.05) is 15.8 Å². The molecular formula is C11H12O2S. The second-order valence-electron chi connectivity index (χ2n) is 2.75. The molecule has 1 rings (SSSR count). The van der Waals surface area contributed by atoms with Crippen molar-refractivity contribution in [1.82, 2.24) is 0 Å². The SMILES string of the molecule is C=Cc1c(C(=O)O)csc1/C=C\CC. The van der Waals surface area contributed by atoms with Crippen LogP contribution in [0.5, 0.6) is 0 Å². The van der Waals surface area contributed by atoms with Gasteiger partial charge in [0.05, 0.1) is 5.56 Å². The Morgan fingerprint density at radius 3 is 2.93 bits per heavy atom. The van der Waals surface area contributed by atoms with Gasteiger partial charge in [0.15, 0.2) is 0 Å². The van der Waals surface area contributed by atoms with Crippen LogP contribution in [0.4, 0.5) is 0 Å². The van der Waals surface area contributed by atoms with E-state index in [0.29, 0.717) is 11.1 Å². The van der Waals surface area contributed by atoms with Crippen molar-refractivity contribution in [2.45, 2.75) is 13.3 Å². The van der Waals surface area contributed by atoms with Crippen LogP contribution >= 0.6 is 11.3 Å². The highest BCUT2D eigenvalue weighted by Crippen LogP contribution is 2.25. The van der Waals surface area contributed by atoms with Crippen LogP contribution in [0.2, 0.25) is 0 Å². The van der Waals surface area contributed by atoms with Crippen LogP contribution in [0.3, 0.4) is 0 Å². The molecule has 0 fully saturated rings. The number of thiophene rings is 1. The van der Waals surface area contributed by atoms with Crippen molar-refractivity contribution in [2.24, 2.45) is 0 Å². The molecule has 0 radical (unpaired) electrons. The number of hydrogen-bond donors (Lipinski definition) is 1. The van der Waals surface area contributed by atoms with Gasteiger partial charge in [0.2, 0.25) is 0 Å². The average Bonchev–Trinajstić information content (AvgIpc) is 2.57. The largest absolute Gasteiger partial charge is 0.478 e. The summed E-state index contributed by atoms with van der Waals surface area (Å²) in [5, 5.41) is 10.5. The molecule has 1 heterocycles. The molecular weight excluding hydrogens is 196 g/mol. The van der Waals surface area contributed by atoms with E-state index in [1.807, 2.05) is 19.1 Å². The Kier molecular flexibility index (Phi) is 3.65. The van der Waals surface area contributed by atoms with Gasteiger partial charge in [0.1, 0.15) is 0 Å². The van der Waals surface area contributed by atoms with Crippen molar-refractivity contribution in [2.75, 3.05) is 0 Å². The lowest BCUT2D eigenvalue weighted by Crippen LogP contribution is -1.95. The van der Waals surface area contributed by atoms with E-state index in [1.165, 1.54) is 11.3 Å². The molecule has 0 saturated carbocycles. The van der Waals surface area contributed by atoms with Crippen molar-refractivity contribution in [1.29, 1.82) is 0 Å². The zero-order valence-corrected chi connectivity index (χ0v) is 8.80. The summed E-state index contributed by atoms with van der Waals surface area (Å²) in [5.41, 5.74) is 1.05. The molecule has 0 atom stereocenters. The predicted molar refractivity (Wildman–Crippen MR) is 60.7 cm³/mol. The number of allylic oxidation sites excluding steroid dienone is 1. The molecule has 0 bridgehead atoms. The fraction of sp³-hybridized carbons (Fsp3) is 0.182. The summed E-state index contributed by atoms with van der Waals surface area (Å²) in [6, 6.07) is 0. The summed E-state index contributed by atoms with van der Waals surface area (Å²) < 4.78 is 0. The molecule has 1 aromatic heterocycles. The molecule has 1 aromatic rings. The lowest BCUT2D eigenvalue weighted by molar-refractivity contribution is 0.0697. The third-order valence-corrected chi connectivity index (χ3v) is 2.76. The van der Waals surface area contributed by atoms with Gasteiger partial charge < -0.3 is 5.11 Å². The molecule has 0 aliphatic rings. The van der Waals surface area contributed by atoms with Crippen molar-refractivity contribution in [3.05, 3.63) is 34.0 Å². The maximum Gasteiger partial charge on any atom is 0.337 e. The Hall–Kier alpha value is -1.35. The van der Waals surface area contributed by atoms with E-state index in [0.717, 1.165) is 11.3 Å². The Morgan fingerprint density at radius 2 is 2.43 bits per heavy atom. The van der Waals surface area contributed by atoms with Crippen molar-refractivity contribution in [3.8, 4) is 0 Å². The van der Waals surface area contributed by atoms with Crippen LogP contribution in [-0.2, 0) is 0 Å². The number of hydrogen-bond acceptors (Lipinski definition) is 2. The van der Waals surface area contributed by atoms with E-state index in [9.17, 15) is 4.79 Å². The van der Waals surface area contributed by atoms with E-state index in [4.69, 9.17) is 5.11 Å². The molecule has 3 heteroatoms. The van der Waals surface area contributed by atoms with Crippen molar-refractivity contribution >= 4 is 29.5 Å². The van der Waals surface area contributed by atoms with Gasteiger partial charge in [0.25, 0.3) is 0 Å². The van der Waals surface area contributed by atoms with Crippen molar-refractivity contribution in [3.63, 3.8) is 0 Å². The molecule has 0 aliphatic heterocycles. The first-order chi connectivity index (χ1) is 6.70. The van der Waals surface area contributed by atoms with Gasteiger partial charge in [-0.05, 0) is 12.5 Å². The van der Waals surface area contributed by atoms with Crippen LogP contribution in [0.25, 0.3) is 12.2 Å². The highest BCUT2D eigenvalue weighted by Gasteiger charge is 2.12. The van der Waals surface area contributed by atoms with Crippen molar-refractivity contribution < 1.29 is 9.90 Å². The predicted octanol–water partition coefficient (Wildman–Crippen LogP) is 3.51. The third kappa shape index (κ3) is 2.12. The fourth-order valence-corrected chi connectivity index (χ4v) is 2.08. The number of carboxylic acids is 1. The topological polar surface area (TPSA) is 37.3 Å². The van der Waals surface area contributed by atoms with E-state index < -0.39 is 5.97 Å². The molecule has 0 amide bonds. The van der Waals surface area contributed by atoms with Gasteiger partial charge in [-0.1, -0.05) is 25.7 Å². The van der Waals surface area contributed by atoms with E-state index >= 15 is 0 Å². The summed E-state index contributed by atoms with van der Waals surface area (Å²) in [6.07, 6.45) is 6.48. The minimum atomic E-state index is -0.896. The molecule has 0 saturated heterocycles.